The molecular weight excluding hydrogens is 320 g/mol. The van der Waals surface area contributed by atoms with Gasteiger partial charge in [-0.05, 0) is 17.5 Å². The number of carboxylic acid groups (broad SMARTS) is 1. The molecule has 132 valence electrons. The molecule has 1 aromatic carbocycles. The van der Waals surface area contributed by atoms with Crippen molar-refractivity contribution < 1.29 is 14.7 Å². The van der Waals surface area contributed by atoms with Crippen LogP contribution in [-0.2, 0) is 16.0 Å². The molecule has 2 atom stereocenters. The highest BCUT2D eigenvalue weighted by atomic mass is 16.4. The standard InChI is InChI=1S/C19H22N2O4/c1-13(2)17(21-11-7-6-10-16(21)22)18(23)20-15(19(24)25)12-14-8-4-3-5-9-14/h3-11,13,15,17H,12H2,1-2H3,(H,20,23)(H,24,25). The lowest BCUT2D eigenvalue weighted by Crippen LogP contribution is -2.47. The third kappa shape index (κ3) is 4.79. The van der Waals surface area contributed by atoms with Gasteiger partial charge in [-0.2, -0.15) is 0 Å². The minimum Gasteiger partial charge on any atom is -0.480 e. The first-order valence-corrected chi connectivity index (χ1v) is 8.14. The van der Waals surface area contributed by atoms with E-state index in [1.807, 2.05) is 44.2 Å². The number of rotatable bonds is 7. The van der Waals surface area contributed by atoms with Crippen LogP contribution in [0.15, 0.2) is 59.5 Å². The summed E-state index contributed by atoms with van der Waals surface area (Å²) in [6, 6.07) is 11.9. The number of hydrogen-bond donors (Lipinski definition) is 2. The molecule has 2 N–H and O–H groups in total. The Kier molecular flexibility index (Phi) is 6.11. The molecule has 1 aromatic heterocycles. The molecule has 0 spiro atoms. The van der Waals surface area contributed by atoms with Gasteiger partial charge in [-0.15, -0.1) is 0 Å². The molecule has 0 radical (unpaired) electrons. The van der Waals surface area contributed by atoms with Crippen molar-refractivity contribution in [2.45, 2.75) is 32.4 Å². The van der Waals surface area contributed by atoms with Gasteiger partial charge in [0.15, 0.2) is 0 Å². The highest BCUT2D eigenvalue weighted by Crippen LogP contribution is 2.16. The molecule has 6 heteroatoms. The van der Waals surface area contributed by atoms with Gasteiger partial charge < -0.3 is 15.0 Å². The predicted molar refractivity (Wildman–Crippen MR) is 94.3 cm³/mol. The van der Waals surface area contributed by atoms with Gasteiger partial charge in [0, 0.05) is 18.7 Å². The highest BCUT2D eigenvalue weighted by molar-refractivity contribution is 5.86. The van der Waals surface area contributed by atoms with E-state index in [1.54, 1.807) is 18.3 Å². The molecule has 2 rings (SSSR count). The van der Waals surface area contributed by atoms with Crippen LogP contribution in [0.25, 0.3) is 0 Å². The van der Waals surface area contributed by atoms with Gasteiger partial charge in [0.25, 0.3) is 5.56 Å². The van der Waals surface area contributed by atoms with E-state index in [2.05, 4.69) is 5.32 Å². The number of nitrogens with one attached hydrogen (secondary N) is 1. The smallest absolute Gasteiger partial charge is 0.326 e. The Labute approximate surface area is 146 Å². The summed E-state index contributed by atoms with van der Waals surface area (Å²) in [4.78, 5) is 36.3. The molecule has 0 bridgehead atoms. The van der Waals surface area contributed by atoms with Crippen LogP contribution in [0, 0.1) is 5.92 Å². The molecule has 0 aliphatic rings. The zero-order valence-electron chi connectivity index (χ0n) is 14.3. The van der Waals surface area contributed by atoms with Crippen LogP contribution in [0.5, 0.6) is 0 Å². The Hall–Kier alpha value is -2.89. The Morgan fingerprint density at radius 1 is 1.08 bits per heavy atom. The third-order valence-electron chi connectivity index (χ3n) is 3.95. The summed E-state index contributed by atoms with van der Waals surface area (Å²) in [5.74, 6) is -1.77. The molecular formula is C19H22N2O4. The van der Waals surface area contributed by atoms with Gasteiger partial charge in [-0.3, -0.25) is 9.59 Å². The monoisotopic (exact) mass is 342 g/mol. The Balaban J connectivity index is 2.22. The van der Waals surface area contributed by atoms with Crippen molar-refractivity contribution in [2.24, 2.45) is 5.92 Å². The van der Waals surface area contributed by atoms with Crippen LogP contribution >= 0.6 is 0 Å². The largest absolute Gasteiger partial charge is 0.480 e. The number of benzene rings is 1. The van der Waals surface area contributed by atoms with Crippen LogP contribution < -0.4 is 10.9 Å². The summed E-state index contributed by atoms with van der Waals surface area (Å²) in [5.41, 5.74) is 0.513. The van der Waals surface area contributed by atoms with E-state index in [0.717, 1.165) is 5.56 Å². The lowest BCUT2D eigenvalue weighted by molar-refractivity contribution is -0.142. The van der Waals surface area contributed by atoms with Crippen molar-refractivity contribution in [1.82, 2.24) is 9.88 Å². The second-order valence-electron chi connectivity index (χ2n) is 6.22. The van der Waals surface area contributed by atoms with E-state index in [4.69, 9.17) is 0 Å². The van der Waals surface area contributed by atoms with E-state index in [1.165, 1.54) is 10.6 Å². The fraction of sp³-hybridized carbons (Fsp3) is 0.316. The zero-order valence-corrected chi connectivity index (χ0v) is 14.3. The van der Waals surface area contributed by atoms with Gasteiger partial charge in [0.2, 0.25) is 5.91 Å². The van der Waals surface area contributed by atoms with E-state index in [0.29, 0.717) is 0 Å². The average Bonchev–Trinajstić information content (AvgIpc) is 2.57. The first-order chi connectivity index (χ1) is 11.9. The predicted octanol–water partition coefficient (Wildman–Crippen LogP) is 1.86. The van der Waals surface area contributed by atoms with Crippen molar-refractivity contribution in [1.29, 1.82) is 0 Å². The number of carbonyl (C=O) groups excluding carboxylic acids is 1. The molecule has 1 amide bonds. The second kappa shape index (κ2) is 8.28. The summed E-state index contributed by atoms with van der Waals surface area (Å²) in [6.45, 7) is 3.63. The molecule has 0 aliphatic carbocycles. The number of nitrogens with zero attached hydrogens (tertiary/aromatic N) is 1. The van der Waals surface area contributed by atoms with Gasteiger partial charge in [0.1, 0.15) is 12.1 Å². The van der Waals surface area contributed by atoms with Crippen LogP contribution in [0.3, 0.4) is 0 Å². The summed E-state index contributed by atoms with van der Waals surface area (Å²) >= 11 is 0. The molecule has 0 fully saturated rings. The Morgan fingerprint density at radius 2 is 1.72 bits per heavy atom. The molecule has 1 heterocycles. The number of aromatic nitrogens is 1. The minimum absolute atomic E-state index is 0.175. The first kappa shape index (κ1) is 18.4. The van der Waals surface area contributed by atoms with Crippen molar-refractivity contribution in [2.75, 3.05) is 0 Å². The average molecular weight is 342 g/mol. The highest BCUT2D eigenvalue weighted by Gasteiger charge is 2.29. The van der Waals surface area contributed by atoms with E-state index >= 15 is 0 Å². The Bertz CT molecular complexity index is 783. The fourth-order valence-corrected chi connectivity index (χ4v) is 2.73. The summed E-state index contributed by atoms with van der Waals surface area (Å²) < 4.78 is 1.33. The number of amides is 1. The van der Waals surface area contributed by atoms with Gasteiger partial charge in [-0.25, -0.2) is 4.79 Å². The number of carbonyl (C=O) groups is 2. The second-order valence-corrected chi connectivity index (χ2v) is 6.22. The SMILES string of the molecule is CC(C)C(C(=O)NC(Cc1ccccc1)C(=O)O)n1ccccc1=O. The van der Waals surface area contributed by atoms with E-state index in [9.17, 15) is 19.5 Å². The summed E-state index contributed by atoms with van der Waals surface area (Å²) in [5, 5.41) is 12.0. The maximum Gasteiger partial charge on any atom is 0.326 e. The third-order valence-corrected chi connectivity index (χ3v) is 3.95. The number of pyridine rings is 1. The lowest BCUT2D eigenvalue weighted by atomic mass is 10.0. The minimum atomic E-state index is -1.11. The molecule has 2 aromatic rings. The Morgan fingerprint density at radius 3 is 2.28 bits per heavy atom. The van der Waals surface area contributed by atoms with Crippen molar-refractivity contribution >= 4 is 11.9 Å². The van der Waals surface area contributed by atoms with Gasteiger partial charge in [0.05, 0.1) is 0 Å². The van der Waals surface area contributed by atoms with Crippen LogP contribution in [0.2, 0.25) is 0 Å². The molecule has 25 heavy (non-hydrogen) atoms. The van der Waals surface area contributed by atoms with Crippen LogP contribution in [0.1, 0.15) is 25.5 Å². The summed E-state index contributed by atoms with van der Waals surface area (Å²) in [6.07, 6.45) is 1.72. The number of hydrogen-bond acceptors (Lipinski definition) is 3. The molecule has 2 unspecified atom stereocenters. The molecule has 0 saturated heterocycles. The maximum atomic E-state index is 12.7. The lowest BCUT2D eigenvalue weighted by Gasteiger charge is -2.24. The fourth-order valence-electron chi connectivity index (χ4n) is 2.73. The number of carboxylic acids is 1. The number of aliphatic carboxylic acids is 1. The van der Waals surface area contributed by atoms with E-state index < -0.39 is 24.0 Å². The summed E-state index contributed by atoms with van der Waals surface area (Å²) in [7, 11) is 0. The van der Waals surface area contributed by atoms with Gasteiger partial charge in [-0.1, -0.05) is 50.2 Å². The maximum absolute atomic E-state index is 12.7. The van der Waals surface area contributed by atoms with Crippen LogP contribution in [-0.4, -0.2) is 27.6 Å². The van der Waals surface area contributed by atoms with Gasteiger partial charge >= 0.3 is 5.97 Å². The normalized spacial score (nSPS) is 13.2. The molecule has 6 nitrogen and oxygen atoms in total. The quantitative estimate of drug-likeness (QED) is 0.804. The van der Waals surface area contributed by atoms with E-state index in [-0.39, 0.29) is 17.9 Å². The van der Waals surface area contributed by atoms with Crippen molar-refractivity contribution in [3.63, 3.8) is 0 Å². The molecule has 0 aliphatic heterocycles. The first-order valence-electron chi connectivity index (χ1n) is 8.14. The van der Waals surface area contributed by atoms with Crippen LogP contribution in [0.4, 0.5) is 0 Å². The zero-order chi connectivity index (χ0) is 18.4. The topological polar surface area (TPSA) is 88.4 Å². The van der Waals surface area contributed by atoms with Crippen molar-refractivity contribution in [3.8, 4) is 0 Å². The van der Waals surface area contributed by atoms with Crippen molar-refractivity contribution in [3.05, 3.63) is 70.6 Å². The molecule has 0 saturated carbocycles.